The standard InChI is InChI=1S/C26H34N8S2/c1-19(23-7-3-5-13-27-23)29-31-25(35)33-15-9-21(10-16-33)22-11-17-34(18-12-22)26(36)32-30-20(2)24-8-4-6-14-28-24/h3-8,13-14,21-22H,9-12,15-18H2,1-2H3,(H,31,35)(H,32,36)/b29-19-,30-20+. The molecule has 0 spiro atoms. The summed E-state index contributed by atoms with van der Waals surface area (Å²) < 4.78 is 0. The molecule has 4 heterocycles. The van der Waals surface area contributed by atoms with E-state index >= 15 is 0 Å². The Labute approximate surface area is 224 Å². The Kier molecular flexibility index (Phi) is 9.29. The van der Waals surface area contributed by atoms with Crippen LogP contribution in [0.1, 0.15) is 50.9 Å². The van der Waals surface area contributed by atoms with Gasteiger partial charge < -0.3 is 9.80 Å². The van der Waals surface area contributed by atoms with Gasteiger partial charge in [-0.3, -0.25) is 20.8 Å². The molecular weight excluding hydrogens is 488 g/mol. The molecule has 2 aromatic heterocycles. The van der Waals surface area contributed by atoms with Crippen molar-refractivity contribution in [2.75, 3.05) is 26.2 Å². The Morgan fingerprint density at radius 3 is 1.44 bits per heavy atom. The van der Waals surface area contributed by atoms with Crippen molar-refractivity contribution in [3.8, 4) is 0 Å². The summed E-state index contributed by atoms with van der Waals surface area (Å²) in [6, 6.07) is 11.6. The lowest BCUT2D eigenvalue weighted by Gasteiger charge is -2.41. The van der Waals surface area contributed by atoms with Crippen molar-refractivity contribution in [1.29, 1.82) is 0 Å². The SMILES string of the molecule is C/C(=N/NC(=S)N1CCC(C2CCN(C(=S)N/N=C(\C)c3ccccn3)CC2)CC1)c1ccccn1. The first kappa shape index (κ1) is 26.1. The van der Waals surface area contributed by atoms with Gasteiger partial charge in [0.25, 0.3) is 0 Å². The maximum atomic E-state index is 5.60. The zero-order valence-corrected chi connectivity index (χ0v) is 22.6. The van der Waals surface area contributed by atoms with Gasteiger partial charge in [0, 0.05) is 38.6 Å². The summed E-state index contributed by atoms with van der Waals surface area (Å²) >= 11 is 11.2. The molecule has 0 amide bonds. The first-order chi connectivity index (χ1) is 17.5. The van der Waals surface area contributed by atoms with E-state index in [0.29, 0.717) is 10.2 Å². The van der Waals surface area contributed by atoms with E-state index in [-0.39, 0.29) is 0 Å². The van der Waals surface area contributed by atoms with Gasteiger partial charge in [0.1, 0.15) is 0 Å². The fraction of sp³-hybridized carbons (Fsp3) is 0.462. The Morgan fingerprint density at radius 1 is 0.722 bits per heavy atom. The van der Waals surface area contributed by atoms with E-state index in [1.807, 2.05) is 50.2 Å². The van der Waals surface area contributed by atoms with Crippen molar-refractivity contribution in [2.45, 2.75) is 39.5 Å². The zero-order chi connectivity index (χ0) is 25.3. The molecule has 0 radical (unpaired) electrons. The Hall–Kier alpha value is -2.98. The van der Waals surface area contributed by atoms with Crippen LogP contribution in [0.4, 0.5) is 0 Å². The minimum atomic E-state index is 0.691. The van der Waals surface area contributed by atoms with Crippen LogP contribution < -0.4 is 10.9 Å². The van der Waals surface area contributed by atoms with Crippen molar-refractivity contribution < 1.29 is 0 Å². The maximum absolute atomic E-state index is 5.60. The number of aromatic nitrogens is 2. The molecular formula is C26H34N8S2. The van der Waals surface area contributed by atoms with Crippen molar-refractivity contribution in [1.82, 2.24) is 30.6 Å². The highest BCUT2D eigenvalue weighted by atomic mass is 32.1. The minimum Gasteiger partial charge on any atom is -0.348 e. The first-order valence-corrected chi connectivity index (χ1v) is 13.3. The van der Waals surface area contributed by atoms with Gasteiger partial charge in [0.05, 0.1) is 22.8 Å². The lowest BCUT2D eigenvalue weighted by atomic mass is 9.79. The average Bonchev–Trinajstić information content (AvgIpc) is 2.95. The van der Waals surface area contributed by atoms with Gasteiger partial charge in [-0.15, -0.1) is 0 Å². The molecule has 2 saturated heterocycles. The quantitative estimate of drug-likeness (QED) is 0.349. The van der Waals surface area contributed by atoms with Crippen molar-refractivity contribution in [3.05, 3.63) is 60.2 Å². The summed E-state index contributed by atoms with van der Waals surface area (Å²) in [5.74, 6) is 1.46. The molecule has 0 aliphatic carbocycles. The number of pyridine rings is 2. The number of hydrogen-bond acceptors (Lipinski definition) is 6. The van der Waals surface area contributed by atoms with E-state index in [0.717, 1.165) is 86.5 Å². The maximum Gasteiger partial charge on any atom is 0.189 e. The highest BCUT2D eigenvalue weighted by Crippen LogP contribution is 2.32. The fourth-order valence-corrected chi connectivity index (χ4v) is 5.28. The Morgan fingerprint density at radius 2 is 1.11 bits per heavy atom. The summed E-state index contributed by atoms with van der Waals surface area (Å²) in [5, 5.41) is 10.2. The van der Waals surface area contributed by atoms with E-state index < -0.39 is 0 Å². The number of hydrazone groups is 2. The number of likely N-dealkylation sites (tertiary alicyclic amines) is 2. The highest BCUT2D eigenvalue weighted by molar-refractivity contribution is 7.80. The molecule has 2 aliphatic heterocycles. The van der Waals surface area contributed by atoms with Crippen LogP contribution in [0.25, 0.3) is 0 Å². The lowest BCUT2D eigenvalue weighted by molar-refractivity contribution is 0.144. The van der Waals surface area contributed by atoms with Gasteiger partial charge in [-0.25, -0.2) is 0 Å². The molecule has 10 heteroatoms. The van der Waals surface area contributed by atoms with Gasteiger partial charge >= 0.3 is 0 Å². The smallest absolute Gasteiger partial charge is 0.189 e. The van der Waals surface area contributed by atoms with E-state index in [1.54, 1.807) is 12.4 Å². The predicted molar refractivity (Wildman–Crippen MR) is 153 cm³/mol. The van der Waals surface area contributed by atoms with Crippen LogP contribution in [0.2, 0.25) is 0 Å². The second-order valence-corrected chi connectivity index (χ2v) is 10.1. The van der Waals surface area contributed by atoms with Crippen molar-refractivity contribution in [3.63, 3.8) is 0 Å². The summed E-state index contributed by atoms with van der Waals surface area (Å²) in [6.07, 6.45) is 8.17. The largest absolute Gasteiger partial charge is 0.348 e. The third kappa shape index (κ3) is 7.04. The number of nitrogens with one attached hydrogen (secondary N) is 2. The highest BCUT2D eigenvalue weighted by Gasteiger charge is 2.30. The molecule has 0 unspecified atom stereocenters. The number of hydrogen-bond donors (Lipinski definition) is 2. The monoisotopic (exact) mass is 522 g/mol. The average molecular weight is 523 g/mol. The van der Waals surface area contributed by atoms with E-state index in [9.17, 15) is 0 Å². The van der Waals surface area contributed by atoms with Crippen molar-refractivity contribution >= 4 is 46.1 Å². The molecule has 4 rings (SSSR count). The van der Waals surface area contributed by atoms with Crippen LogP contribution in [0.5, 0.6) is 0 Å². The molecule has 2 aromatic rings. The molecule has 2 fully saturated rings. The molecule has 0 saturated carbocycles. The van der Waals surface area contributed by atoms with Crippen LogP contribution in [-0.4, -0.2) is 67.6 Å². The zero-order valence-electron chi connectivity index (χ0n) is 20.9. The van der Waals surface area contributed by atoms with Crippen LogP contribution >= 0.6 is 24.4 Å². The van der Waals surface area contributed by atoms with Gasteiger partial charge in [0.15, 0.2) is 10.2 Å². The first-order valence-electron chi connectivity index (χ1n) is 12.5. The second-order valence-electron chi connectivity index (χ2n) is 9.31. The molecule has 36 heavy (non-hydrogen) atoms. The van der Waals surface area contributed by atoms with Crippen LogP contribution in [0.3, 0.4) is 0 Å². The van der Waals surface area contributed by atoms with Crippen LogP contribution in [-0.2, 0) is 0 Å². The van der Waals surface area contributed by atoms with E-state index in [2.05, 4.69) is 40.8 Å². The molecule has 8 nitrogen and oxygen atoms in total. The summed E-state index contributed by atoms with van der Waals surface area (Å²) in [5.41, 5.74) is 9.46. The van der Waals surface area contributed by atoms with Crippen LogP contribution in [0, 0.1) is 11.8 Å². The lowest BCUT2D eigenvalue weighted by Crippen LogP contribution is -2.47. The topological polar surface area (TPSA) is 81.0 Å². The van der Waals surface area contributed by atoms with E-state index in [1.165, 1.54) is 0 Å². The number of piperidine rings is 2. The second kappa shape index (κ2) is 12.8. The third-order valence-electron chi connectivity index (χ3n) is 7.03. The summed E-state index contributed by atoms with van der Waals surface area (Å²) in [7, 11) is 0. The van der Waals surface area contributed by atoms with Gasteiger partial charge in [0.2, 0.25) is 0 Å². The Balaban J connectivity index is 1.18. The van der Waals surface area contributed by atoms with Crippen molar-refractivity contribution in [2.24, 2.45) is 22.0 Å². The van der Waals surface area contributed by atoms with Gasteiger partial charge in [-0.05, 0) is 100 Å². The van der Waals surface area contributed by atoms with Gasteiger partial charge in [-0.2, -0.15) is 10.2 Å². The minimum absolute atomic E-state index is 0.691. The Bertz CT molecular complexity index is 986. The van der Waals surface area contributed by atoms with Gasteiger partial charge in [-0.1, -0.05) is 12.1 Å². The molecule has 190 valence electrons. The normalized spacial score (nSPS) is 18.2. The molecule has 0 bridgehead atoms. The summed E-state index contributed by atoms with van der Waals surface area (Å²) in [6.45, 7) is 7.75. The molecule has 0 aromatic carbocycles. The van der Waals surface area contributed by atoms with Crippen LogP contribution in [0.15, 0.2) is 59.0 Å². The van der Waals surface area contributed by atoms with E-state index in [4.69, 9.17) is 24.4 Å². The number of rotatable bonds is 5. The number of thiocarbonyl (C=S) groups is 2. The third-order valence-corrected chi connectivity index (χ3v) is 7.73. The molecule has 0 atom stereocenters. The molecule has 2 aliphatic rings. The molecule has 2 N–H and O–H groups in total. The fourth-order valence-electron chi connectivity index (χ4n) is 4.82. The predicted octanol–water partition coefficient (Wildman–Crippen LogP) is 3.80. The summed E-state index contributed by atoms with van der Waals surface area (Å²) in [4.78, 5) is 13.1. The number of nitrogens with zero attached hydrogens (tertiary/aromatic N) is 6.